The van der Waals surface area contributed by atoms with Crippen LogP contribution >= 0.6 is 27.5 Å². The largest absolute Gasteiger partial charge is 0.496 e. The minimum atomic E-state index is 0.189. The number of benzene rings is 1. The highest BCUT2D eigenvalue weighted by molar-refractivity contribution is 9.10. The van der Waals surface area contributed by atoms with Gasteiger partial charge in [0.2, 0.25) is 0 Å². The molecule has 90 valence electrons. The van der Waals surface area contributed by atoms with Crippen LogP contribution in [0, 0.1) is 5.92 Å². The van der Waals surface area contributed by atoms with Gasteiger partial charge in [-0.1, -0.05) is 29.3 Å². The summed E-state index contributed by atoms with van der Waals surface area (Å²) in [4.78, 5) is 0. The van der Waals surface area contributed by atoms with Crippen LogP contribution in [-0.4, -0.2) is 12.5 Å². The fraction of sp³-hybridized carbons (Fsp3) is 0.538. The van der Waals surface area contributed by atoms with Gasteiger partial charge in [0.05, 0.1) is 7.11 Å². The number of rotatable bonds is 5. The van der Waals surface area contributed by atoms with Crippen LogP contribution < -0.4 is 4.74 Å². The van der Waals surface area contributed by atoms with Gasteiger partial charge in [0, 0.05) is 9.85 Å². The zero-order valence-electron chi connectivity index (χ0n) is 9.97. The predicted octanol–water partition coefficient (Wildman–Crippen LogP) is 4.65. The topological polar surface area (TPSA) is 9.23 Å². The average molecular weight is 306 g/mol. The Labute approximate surface area is 111 Å². The van der Waals surface area contributed by atoms with E-state index in [1.165, 1.54) is 5.56 Å². The van der Waals surface area contributed by atoms with E-state index in [0.717, 1.165) is 23.1 Å². The van der Waals surface area contributed by atoms with Crippen molar-refractivity contribution in [3.63, 3.8) is 0 Å². The van der Waals surface area contributed by atoms with Gasteiger partial charge >= 0.3 is 0 Å². The summed E-state index contributed by atoms with van der Waals surface area (Å²) in [5.74, 6) is 1.43. The van der Waals surface area contributed by atoms with E-state index in [1.54, 1.807) is 7.11 Å². The Balaban J connectivity index is 2.89. The van der Waals surface area contributed by atoms with Crippen molar-refractivity contribution in [2.45, 2.75) is 32.1 Å². The Bertz CT molecular complexity index is 339. The van der Waals surface area contributed by atoms with Gasteiger partial charge in [-0.05, 0) is 43.0 Å². The van der Waals surface area contributed by atoms with E-state index in [9.17, 15) is 0 Å². The van der Waals surface area contributed by atoms with E-state index in [4.69, 9.17) is 16.3 Å². The molecule has 0 radical (unpaired) electrons. The van der Waals surface area contributed by atoms with Crippen molar-refractivity contribution in [2.75, 3.05) is 7.11 Å². The molecule has 1 aromatic rings. The minimum Gasteiger partial charge on any atom is -0.496 e. The predicted molar refractivity (Wildman–Crippen MR) is 73.5 cm³/mol. The molecule has 0 aliphatic carbocycles. The van der Waals surface area contributed by atoms with Crippen molar-refractivity contribution < 1.29 is 4.74 Å². The molecule has 0 fully saturated rings. The molecule has 16 heavy (non-hydrogen) atoms. The highest BCUT2D eigenvalue weighted by Crippen LogP contribution is 2.28. The molecule has 0 heterocycles. The molecule has 1 nitrogen and oxygen atoms in total. The Kier molecular flexibility index (Phi) is 5.63. The normalized spacial score (nSPS) is 14.6. The molecular weight excluding hydrogens is 287 g/mol. The van der Waals surface area contributed by atoms with Crippen molar-refractivity contribution in [1.29, 1.82) is 0 Å². The lowest BCUT2D eigenvalue weighted by Gasteiger charge is -2.19. The quantitative estimate of drug-likeness (QED) is 0.719. The van der Waals surface area contributed by atoms with Crippen LogP contribution in [0.1, 0.15) is 25.8 Å². The smallest absolute Gasteiger partial charge is 0.122 e. The molecule has 2 atom stereocenters. The van der Waals surface area contributed by atoms with E-state index < -0.39 is 0 Å². The van der Waals surface area contributed by atoms with Gasteiger partial charge in [0.1, 0.15) is 5.75 Å². The van der Waals surface area contributed by atoms with Crippen LogP contribution in [0.25, 0.3) is 0 Å². The second kappa shape index (κ2) is 6.51. The molecule has 0 aliphatic rings. The Morgan fingerprint density at radius 2 is 2.12 bits per heavy atom. The van der Waals surface area contributed by atoms with Gasteiger partial charge in [-0.15, -0.1) is 11.6 Å². The van der Waals surface area contributed by atoms with Crippen molar-refractivity contribution >= 4 is 27.5 Å². The SMILES string of the molecule is CCC(Cc1cc(Br)ccc1OC)C(C)Cl. The van der Waals surface area contributed by atoms with Crippen LogP contribution in [0.2, 0.25) is 0 Å². The average Bonchev–Trinajstić information content (AvgIpc) is 2.25. The van der Waals surface area contributed by atoms with Gasteiger partial charge in [0.25, 0.3) is 0 Å². The standard InChI is InChI=1S/C13H18BrClO/c1-4-10(9(2)15)7-11-8-12(14)5-6-13(11)16-3/h5-6,8-10H,4,7H2,1-3H3. The highest BCUT2D eigenvalue weighted by Gasteiger charge is 2.16. The van der Waals surface area contributed by atoms with Crippen LogP contribution in [-0.2, 0) is 6.42 Å². The number of ether oxygens (including phenoxy) is 1. The van der Waals surface area contributed by atoms with Crippen LogP contribution in [0.4, 0.5) is 0 Å². The summed E-state index contributed by atoms with van der Waals surface area (Å²) in [6, 6.07) is 6.10. The maximum atomic E-state index is 6.18. The number of halogens is 2. The van der Waals surface area contributed by atoms with E-state index in [1.807, 2.05) is 12.1 Å². The van der Waals surface area contributed by atoms with E-state index in [-0.39, 0.29) is 5.38 Å². The molecule has 0 N–H and O–H groups in total. The van der Waals surface area contributed by atoms with Crippen molar-refractivity contribution in [2.24, 2.45) is 5.92 Å². The van der Waals surface area contributed by atoms with Gasteiger partial charge < -0.3 is 4.74 Å². The third kappa shape index (κ3) is 3.67. The minimum absolute atomic E-state index is 0.189. The first kappa shape index (κ1) is 13.9. The number of methoxy groups -OCH3 is 1. The molecule has 0 spiro atoms. The third-order valence-electron chi connectivity index (χ3n) is 2.90. The summed E-state index contributed by atoms with van der Waals surface area (Å²) in [7, 11) is 1.71. The lowest BCUT2D eigenvalue weighted by Crippen LogP contribution is -2.14. The maximum Gasteiger partial charge on any atom is 0.122 e. The second-order valence-corrected chi connectivity index (χ2v) is 5.61. The zero-order valence-corrected chi connectivity index (χ0v) is 12.3. The maximum absolute atomic E-state index is 6.18. The Hall–Kier alpha value is -0.210. The van der Waals surface area contributed by atoms with Crippen LogP contribution in [0.5, 0.6) is 5.75 Å². The zero-order chi connectivity index (χ0) is 12.1. The molecule has 1 rings (SSSR count). The fourth-order valence-corrected chi connectivity index (χ4v) is 2.50. The molecule has 0 amide bonds. The second-order valence-electron chi connectivity index (χ2n) is 4.01. The van der Waals surface area contributed by atoms with E-state index in [2.05, 4.69) is 35.8 Å². The van der Waals surface area contributed by atoms with Crippen LogP contribution in [0.15, 0.2) is 22.7 Å². The first-order chi connectivity index (χ1) is 7.58. The molecule has 0 saturated heterocycles. The molecule has 0 aliphatic heterocycles. The van der Waals surface area contributed by atoms with Gasteiger partial charge in [-0.3, -0.25) is 0 Å². The summed E-state index contributed by atoms with van der Waals surface area (Å²) in [6.07, 6.45) is 2.05. The first-order valence-electron chi connectivity index (χ1n) is 5.55. The molecule has 1 aromatic carbocycles. The van der Waals surface area contributed by atoms with Crippen molar-refractivity contribution in [3.8, 4) is 5.75 Å². The molecule has 2 unspecified atom stereocenters. The monoisotopic (exact) mass is 304 g/mol. The summed E-state index contributed by atoms with van der Waals surface area (Å²) in [5, 5.41) is 0.189. The molecular formula is C13H18BrClO. The fourth-order valence-electron chi connectivity index (χ4n) is 1.82. The summed E-state index contributed by atoms with van der Waals surface area (Å²) >= 11 is 9.66. The van der Waals surface area contributed by atoms with Gasteiger partial charge in [-0.25, -0.2) is 0 Å². The summed E-state index contributed by atoms with van der Waals surface area (Å²) in [5.41, 5.74) is 1.22. The van der Waals surface area contributed by atoms with Crippen molar-refractivity contribution in [3.05, 3.63) is 28.2 Å². The Morgan fingerprint density at radius 3 is 2.62 bits per heavy atom. The number of hydrogen-bond donors (Lipinski definition) is 0. The Morgan fingerprint density at radius 1 is 1.44 bits per heavy atom. The molecule has 0 bridgehead atoms. The summed E-state index contributed by atoms with van der Waals surface area (Å²) < 4.78 is 6.45. The number of hydrogen-bond acceptors (Lipinski definition) is 1. The molecule has 0 aromatic heterocycles. The highest BCUT2D eigenvalue weighted by atomic mass is 79.9. The van der Waals surface area contributed by atoms with Crippen LogP contribution in [0.3, 0.4) is 0 Å². The lowest BCUT2D eigenvalue weighted by atomic mass is 9.94. The summed E-state index contributed by atoms with van der Waals surface area (Å²) in [6.45, 7) is 4.23. The molecule has 3 heteroatoms. The first-order valence-corrected chi connectivity index (χ1v) is 6.77. The van der Waals surface area contributed by atoms with Crippen molar-refractivity contribution in [1.82, 2.24) is 0 Å². The van der Waals surface area contributed by atoms with E-state index in [0.29, 0.717) is 5.92 Å². The molecule has 0 saturated carbocycles. The van der Waals surface area contributed by atoms with E-state index >= 15 is 0 Å². The number of alkyl halides is 1. The third-order valence-corrected chi connectivity index (χ3v) is 3.75. The lowest BCUT2D eigenvalue weighted by molar-refractivity contribution is 0.401. The van der Waals surface area contributed by atoms with Gasteiger partial charge in [-0.2, -0.15) is 0 Å². The van der Waals surface area contributed by atoms with Gasteiger partial charge in [0.15, 0.2) is 0 Å².